The van der Waals surface area contributed by atoms with Crippen LogP contribution >= 0.6 is 0 Å². The Balaban J connectivity index is 1.43. The molecule has 3 rings (SSSR count). The van der Waals surface area contributed by atoms with Gasteiger partial charge in [-0.15, -0.1) is 0 Å². The fraction of sp³-hybridized carbons (Fsp3) is 1.00. The van der Waals surface area contributed by atoms with Crippen LogP contribution in [-0.4, -0.2) is 61.2 Å². The zero-order valence-electron chi connectivity index (χ0n) is 11.2. The van der Waals surface area contributed by atoms with Crippen molar-refractivity contribution in [1.82, 2.24) is 15.1 Å². The molecular formula is C14H27N3. The second kappa shape index (κ2) is 5.25. The van der Waals surface area contributed by atoms with Crippen molar-refractivity contribution < 1.29 is 0 Å². The van der Waals surface area contributed by atoms with Crippen LogP contribution in [0.5, 0.6) is 0 Å². The van der Waals surface area contributed by atoms with E-state index in [4.69, 9.17) is 0 Å². The Kier molecular flexibility index (Phi) is 3.69. The van der Waals surface area contributed by atoms with Crippen LogP contribution < -0.4 is 5.32 Å². The first kappa shape index (κ1) is 11.9. The summed E-state index contributed by atoms with van der Waals surface area (Å²) >= 11 is 0. The van der Waals surface area contributed by atoms with Crippen LogP contribution in [0.25, 0.3) is 0 Å². The summed E-state index contributed by atoms with van der Waals surface area (Å²) in [6, 6.07) is 2.65. The van der Waals surface area contributed by atoms with E-state index in [2.05, 4.69) is 22.2 Å². The van der Waals surface area contributed by atoms with E-state index in [1.54, 1.807) is 0 Å². The predicted molar refractivity (Wildman–Crippen MR) is 71.3 cm³/mol. The number of nitrogens with zero attached hydrogens (tertiary/aromatic N) is 2. The van der Waals surface area contributed by atoms with Crippen LogP contribution in [0.2, 0.25) is 0 Å². The number of nitrogens with one attached hydrogen (secondary N) is 1. The second-order valence-corrected chi connectivity index (χ2v) is 6.10. The lowest BCUT2D eigenvalue weighted by atomic mass is 9.90. The summed E-state index contributed by atoms with van der Waals surface area (Å²) in [6.07, 6.45) is 8.51. The maximum Gasteiger partial charge on any atom is 0.0113 e. The first-order chi connectivity index (χ1) is 8.36. The van der Waals surface area contributed by atoms with Gasteiger partial charge in [0.15, 0.2) is 0 Å². The van der Waals surface area contributed by atoms with E-state index in [-0.39, 0.29) is 0 Å². The fourth-order valence-corrected chi connectivity index (χ4v) is 3.64. The number of rotatable bonds is 3. The minimum absolute atomic E-state index is 0.791. The predicted octanol–water partition coefficient (Wildman–Crippen LogP) is 1.30. The lowest BCUT2D eigenvalue weighted by molar-refractivity contribution is 0.0710. The Morgan fingerprint density at radius 1 is 0.706 bits per heavy atom. The van der Waals surface area contributed by atoms with Crippen molar-refractivity contribution >= 4 is 0 Å². The standard InChI is InChI=1S/C14H27N3/c1-15-12-2-4-13(5-3-12)16-8-10-17(11-9-16)14-6-7-14/h12-15H,2-11H2,1H3/t12-,13+. The Morgan fingerprint density at radius 3 is 1.47 bits per heavy atom. The molecule has 0 radical (unpaired) electrons. The zero-order valence-corrected chi connectivity index (χ0v) is 11.2. The smallest absolute Gasteiger partial charge is 0.0113 e. The van der Waals surface area contributed by atoms with Crippen molar-refractivity contribution in [2.45, 2.75) is 56.7 Å². The molecule has 0 amide bonds. The molecule has 0 unspecified atom stereocenters. The largest absolute Gasteiger partial charge is 0.317 e. The third kappa shape index (κ3) is 2.83. The van der Waals surface area contributed by atoms with E-state index in [9.17, 15) is 0 Å². The molecule has 2 saturated carbocycles. The molecule has 1 N–H and O–H groups in total. The molecular weight excluding hydrogens is 210 g/mol. The molecule has 1 saturated heterocycles. The number of hydrogen-bond acceptors (Lipinski definition) is 3. The van der Waals surface area contributed by atoms with Crippen molar-refractivity contribution in [2.75, 3.05) is 33.2 Å². The van der Waals surface area contributed by atoms with Gasteiger partial charge in [0.2, 0.25) is 0 Å². The molecule has 0 aromatic rings. The van der Waals surface area contributed by atoms with Gasteiger partial charge in [-0.05, 0) is 45.6 Å². The molecule has 0 spiro atoms. The number of piperazine rings is 1. The lowest BCUT2D eigenvalue weighted by Crippen LogP contribution is -2.52. The molecule has 0 aromatic carbocycles. The molecule has 1 aliphatic heterocycles. The first-order valence-corrected chi connectivity index (χ1v) is 7.52. The molecule has 0 bridgehead atoms. The van der Waals surface area contributed by atoms with Gasteiger partial charge in [-0.3, -0.25) is 9.80 Å². The first-order valence-electron chi connectivity index (χ1n) is 7.52. The molecule has 98 valence electrons. The molecule has 1 heterocycles. The lowest BCUT2D eigenvalue weighted by Gasteiger charge is -2.42. The maximum atomic E-state index is 3.43. The van der Waals surface area contributed by atoms with Gasteiger partial charge >= 0.3 is 0 Å². The highest BCUT2D eigenvalue weighted by Crippen LogP contribution is 2.29. The summed E-state index contributed by atoms with van der Waals surface area (Å²) in [7, 11) is 2.11. The molecule has 0 aromatic heterocycles. The minimum atomic E-state index is 0.791. The normalized spacial score (nSPS) is 37.2. The van der Waals surface area contributed by atoms with E-state index in [0.717, 1.165) is 18.1 Å². The van der Waals surface area contributed by atoms with Crippen LogP contribution in [0.1, 0.15) is 38.5 Å². The van der Waals surface area contributed by atoms with Crippen LogP contribution in [-0.2, 0) is 0 Å². The Labute approximate surface area is 106 Å². The summed E-state index contributed by atoms with van der Waals surface area (Å²) < 4.78 is 0. The minimum Gasteiger partial charge on any atom is -0.317 e. The van der Waals surface area contributed by atoms with E-state index in [1.165, 1.54) is 64.7 Å². The van der Waals surface area contributed by atoms with Crippen molar-refractivity contribution in [3.8, 4) is 0 Å². The quantitative estimate of drug-likeness (QED) is 0.798. The molecule has 2 aliphatic carbocycles. The van der Waals surface area contributed by atoms with Gasteiger partial charge in [-0.1, -0.05) is 0 Å². The van der Waals surface area contributed by atoms with Gasteiger partial charge in [0.05, 0.1) is 0 Å². The van der Waals surface area contributed by atoms with E-state index in [0.29, 0.717) is 0 Å². The topological polar surface area (TPSA) is 18.5 Å². The van der Waals surface area contributed by atoms with E-state index >= 15 is 0 Å². The average molecular weight is 237 g/mol. The van der Waals surface area contributed by atoms with Crippen molar-refractivity contribution in [1.29, 1.82) is 0 Å². The van der Waals surface area contributed by atoms with Gasteiger partial charge < -0.3 is 5.32 Å². The van der Waals surface area contributed by atoms with Crippen molar-refractivity contribution in [2.24, 2.45) is 0 Å². The highest BCUT2D eigenvalue weighted by molar-refractivity contribution is 4.90. The van der Waals surface area contributed by atoms with Crippen LogP contribution in [0.3, 0.4) is 0 Å². The monoisotopic (exact) mass is 237 g/mol. The van der Waals surface area contributed by atoms with Crippen molar-refractivity contribution in [3.63, 3.8) is 0 Å². The Hall–Kier alpha value is -0.120. The summed E-state index contributed by atoms with van der Waals surface area (Å²) in [5.41, 5.74) is 0. The third-order valence-corrected chi connectivity index (χ3v) is 5.03. The van der Waals surface area contributed by atoms with Crippen LogP contribution in [0.4, 0.5) is 0 Å². The van der Waals surface area contributed by atoms with Gasteiger partial charge in [0.25, 0.3) is 0 Å². The maximum absolute atomic E-state index is 3.43. The van der Waals surface area contributed by atoms with E-state index in [1.807, 2.05) is 0 Å². The van der Waals surface area contributed by atoms with Crippen LogP contribution in [0.15, 0.2) is 0 Å². The molecule has 3 nitrogen and oxygen atoms in total. The third-order valence-electron chi connectivity index (χ3n) is 5.03. The van der Waals surface area contributed by atoms with Gasteiger partial charge in [0.1, 0.15) is 0 Å². The molecule has 17 heavy (non-hydrogen) atoms. The summed E-state index contributed by atoms with van der Waals surface area (Å²) in [5, 5.41) is 3.43. The highest BCUT2D eigenvalue weighted by atomic mass is 15.3. The molecule has 3 fully saturated rings. The Morgan fingerprint density at radius 2 is 1.12 bits per heavy atom. The Bertz CT molecular complexity index is 236. The van der Waals surface area contributed by atoms with Gasteiger partial charge in [-0.2, -0.15) is 0 Å². The zero-order chi connectivity index (χ0) is 11.7. The number of hydrogen-bond donors (Lipinski definition) is 1. The summed E-state index contributed by atoms with van der Waals surface area (Å²) in [4.78, 5) is 5.49. The van der Waals surface area contributed by atoms with Gasteiger partial charge in [-0.25, -0.2) is 0 Å². The van der Waals surface area contributed by atoms with Gasteiger partial charge in [0, 0.05) is 44.3 Å². The SMILES string of the molecule is CN[C@H]1CC[C@@H](N2CCN(C3CC3)CC2)CC1. The summed E-state index contributed by atoms with van der Waals surface area (Å²) in [6.45, 7) is 5.31. The second-order valence-electron chi connectivity index (χ2n) is 6.10. The van der Waals surface area contributed by atoms with Crippen LogP contribution in [0, 0.1) is 0 Å². The highest BCUT2D eigenvalue weighted by Gasteiger charge is 2.33. The molecule has 3 heteroatoms. The van der Waals surface area contributed by atoms with Crippen molar-refractivity contribution in [3.05, 3.63) is 0 Å². The van der Waals surface area contributed by atoms with E-state index < -0.39 is 0 Å². The molecule has 0 atom stereocenters. The summed E-state index contributed by atoms with van der Waals surface area (Å²) in [5.74, 6) is 0. The average Bonchev–Trinajstić information content (AvgIpc) is 3.24. The molecule has 3 aliphatic rings. The fourth-order valence-electron chi connectivity index (χ4n) is 3.64.